The molecule has 35 heavy (non-hydrogen) atoms. The summed E-state index contributed by atoms with van der Waals surface area (Å²) in [6.45, 7) is 1.48. The summed E-state index contributed by atoms with van der Waals surface area (Å²) in [6, 6.07) is 6.28. The van der Waals surface area contributed by atoms with Gasteiger partial charge in [-0.1, -0.05) is 12.1 Å². The van der Waals surface area contributed by atoms with Crippen LogP contribution in [0.3, 0.4) is 0 Å². The van der Waals surface area contributed by atoms with E-state index in [0.29, 0.717) is 31.7 Å². The number of hydrogen-bond acceptors (Lipinski definition) is 6. The molecule has 3 heterocycles. The highest BCUT2D eigenvalue weighted by Gasteiger charge is 2.44. The summed E-state index contributed by atoms with van der Waals surface area (Å²) in [7, 11) is -2.37. The first kappa shape index (κ1) is 24.9. The normalized spacial score (nSPS) is 20.1. The number of sulfonamides is 1. The van der Waals surface area contributed by atoms with Gasteiger partial charge in [-0.2, -0.15) is 0 Å². The molecular weight excluding hydrogens is 493 g/mol. The number of carbonyl (C=O) groups is 2. The van der Waals surface area contributed by atoms with Crippen molar-refractivity contribution in [2.45, 2.75) is 17.9 Å². The molecule has 1 aromatic carbocycles. The molecule has 10 nitrogen and oxygen atoms in total. The predicted molar refractivity (Wildman–Crippen MR) is 115 cm³/mol. The lowest BCUT2D eigenvalue weighted by Crippen LogP contribution is -2.36. The number of primary sulfonamides is 1. The van der Waals surface area contributed by atoms with Crippen LogP contribution < -0.4 is 9.88 Å². The summed E-state index contributed by atoms with van der Waals surface area (Å²) in [4.78, 5) is 28.4. The Hall–Kier alpha value is -3.26. The van der Waals surface area contributed by atoms with Gasteiger partial charge in [-0.25, -0.2) is 18.4 Å². The molecule has 190 valence electrons. The summed E-state index contributed by atoms with van der Waals surface area (Å²) < 4.78 is 70.3. The Kier molecular flexibility index (Phi) is 6.44. The van der Waals surface area contributed by atoms with Crippen molar-refractivity contribution in [2.24, 2.45) is 24.0 Å². The Bertz CT molecular complexity index is 1210. The van der Waals surface area contributed by atoms with Crippen LogP contribution in [0.2, 0.25) is 0 Å². The molecule has 2 aromatic rings. The van der Waals surface area contributed by atoms with Crippen molar-refractivity contribution in [3.63, 3.8) is 0 Å². The number of aromatic nitrogens is 1. The van der Waals surface area contributed by atoms with Crippen molar-refractivity contribution in [3.05, 3.63) is 47.8 Å². The molecule has 2 fully saturated rings. The standard InChI is InChI=1S/C21H23F3N4O6S/c1-26-11-17(35(25,31)32)6-18(26)19(29)27-7-14-9-28(10-15(14)8-27)20(30)33-12-13-2-4-16(5-3-13)34-21(22,23)24/h2-6,11,14-15H,7-10,12H2,1H3,(H2,25,31,32)/t14-,15-/m0/s1. The molecule has 0 spiro atoms. The second-order valence-corrected chi connectivity index (χ2v) is 10.2. The highest BCUT2D eigenvalue weighted by atomic mass is 32.2. The zero-order valence-corrected chi connectivity index (χ0v) is 19.4. The monoisotopic (exact) mass is 516 g/mol. The summed E-state index contributed by atoms with van der Waals surface area (Å²) in [5.41, 5.74) is 0.711. The average molecular weight is 516 g/mol. The van der Waals surface area contributed by atoms with Gasteiger partial charge in [0.2, 0.25) is 10.0 Å². The highest BCUT2D eigenvalue weighted by molar-refractivity contribution is 7.89. The van der Waals surface area contributed by atoms with Crippen molar-refractivity contribution < 1.29 is 40.7 Å². The Morgan fingerprint density at radius 1 is 1.06 bits per heavy atom. The summed E-state index contributed by atoms with van der Waals surface area (Å²) >= 11 is 0. The minimum atomic E-state index is -4.78. The van der Waals surface area contributed by atoms with E-state index in [1.165, 1.54) is 29.0 Å². The SMILES string of the molecule is Cn1cc(S(N)(=O)=O)cc1C(=O)N1C[C@H]2CN(C(=O)OCc3ccc(OC(F)(F)F)cc3)C[C@@H]2C1. The molecule has 0 radical (unpaired) electrons. The van der Waals surface area contributed by atoms with Crippen LogP contribution >= 0.6 is 0 Å². The maximum absolute atomic E-state index is 12.9. The van der Waals surface area contributed by atoms with Crippen LogP contribution in [0.5, 0.6) is 5.75 Å². The van der Waals surface area contributed by atoms with Gasteiger partial charge >= 0.3 is 12.5 Å². The minimum Gasteiger partial charge on any atom is -0.445 e. The van der Waals surface area contributed by atoms with E-state index in [1.807, 2.05) is 0 Å². The molecule has 2 amide bonds. The maximum atomic E-state index is 12.9. The van der Waals surface area contributed by atoms with Crippen LogP contribution in [-0.4, -0.2) is 67.3 Å². The van der Waals surface area contributed by atoms with Crippen LogP contribution in [0.15, 0.2) is 41.4 Å². The van der Waals surface area contributed by atoms with Gasteiger partial charge in [0, 0.05) is 51.3 Å². The topological polar surface area (TPSA) is 124 Å². The fraction of sp³-hybridized carbons (Fsp3) is 0.429. The number of alkyl halides is 3. The van der Waals surface area contributed by atoms with E-state index in [9.17, 15) is 31.2 Å². The number of hydrogen-bond donors (Lipinski definition) is 1. The third-order valence-corrected chi connectivity index (χ3v) is 6.96. The number of nitrogens with zero attached hydrogens (tertiary/aromatic N) is 3. The van der Waals surface area contributed by atoms with Gasteiger partial charge in [0.1, 0.15) is 22.9 Å². The second-order valence-electron chi connectivity index (χ2n) is 8.60. The molecule has 2 saturated heterocycles. The Morgan fingerprint density at radius 3 is 2.14 bits per heavy atom. The number of nitrogens with two attached hydrogens (primary N) is 1. The van der Waals surface area contributed by atoms with Gasteiger partial charge in [0.25, 0.3) is 5.91 Å². The molecule has 4 rings (SSSR count). The maximum Gasteiger partial charge on any atom is 0.573 e. The van der Waals surface area contributed by atoms with E-state index < -0.39 is 22.5 Å². The van der Waals surface area contributed by atoms with Crippen molar-refractivity contribution in [2.75, 3.05) is 26.2 Å². The molecule has 0 saturated carbocycles. The quantitative estimate of drug-likeness (QED) is 0.648. The fourth-order valence-corrected chi connectivity index (χ4v) is 4.98. The molecule has 0 unspecified atom stereocenters. The summed E-state index contributed by atoms with van der Waals surface area (Å²) in [5, 5.41) is 5.14. The number of ether oxygens (including phenoxy) is 2. The molecule has 2 N–H and O–H groups in total. The third-order valence-electron chi connectivity index (χ3n) is 6.08. The van der Waals surface area contributed by atoms with E-state index in [1.54, 1.807) is 16.8 Å². The van der Waals surface area contributed by atoms with Crippen LogP contribution in [0.1, 0.15) is 16.1 Å². The fourth-order valence-electron chi connectivity index (χ4n) is 4.40. The minimum absolute atomic E-state index is 0.0447. The largest absolute Gasteiger partial charge is 0.573 e. The number of aryl methyl sites for hydroxylation is 1. The van der Waals surface area contributed by atoms with Crippen LogP contribution in [0.4, 0.5) is 18.0 Å². The van der Waals surface area contributed by atoms with E-state index in [2.05, 4.69) is 4.74 Å². The van der Waals surface area contributed by atoms with Gasteiger partial charge in [-0.05, 0) is 23.8 Å². The van der Waals surface area contributed by atoms with Crippen molar-refractivity contribution >= 4 is 22.0 Å². The van der Waals surface area contributed by atoms with E-state index >= 15 is 0 Å². The van der Waals surface area contributed by atoms with Gasteiger partial charge in [0.15, 0.2) is 0 Å². The average Bonchev–Trinajstić information content (AvgIpc) is 3.44. The Labute approximate surface area is 199 Å². The Morgan fingerprint density at radius 2 is 1.63 bits per heavy atom. The van der Waals surface area contributed by atoms with E-state index in [4.69, 9.17) is 9.88 Å². The van der Waals surface area contributed by atoms with Crippen LogP contribution in [0, 0.1) is 11.8 Å². The first-order valence-corrected chi connectivity index (χ1v) is 12.1. The molecule has 2 aliphatic heterocycles. The van der Waals surface area contributed by atoms with Crippen molar-refractivity contribution in [1.29, 1.82) is 0 Å². The molecule has 1 aromatic heterocycles. The highest BCUT2D eigenvalue weighted by Crippen LogP contribution is 2.32. The van der Waals surface area contributed by atoms with Crippen molar-refractivity contribution in [3.8, 4) is 5.75 Å². The first-order chi connectivity index (χ1) is 16.3. The van der Waals surface area contributed by atoms with Crippen LogP contribution in [-0.2, 0) is 28.4 Å². The first-order valence-electron chi connectivity index (χ1n) is 10.5. The van der Waals surface area contributed by atoms with Crippen LogP contribution in [0.25, 0.3) is 0 Å². The number of rotatable bonds is 5. The second kappa shape index (κ2) is 9.07. The molecule has 2 aliphatic rings. The number of amides is 2. The van der Waals surface area contributed by atoms with Gasteiger partial charge in [-0.15, -0.1) is 13.2 Å². The third kappa shape index (κ3) is 5.70. The number of likely N-dealkylation sites (tertiary alicyclic amines) is 2. The smallest absolute Gasteiger partial charge is 0.445 e. The zero-order valence-electron chi connectivity index (χ0n) is 18.6. The number of carbonyl (C=O) groups excluding carboxylic acids is 2. The summed E-state index contributed by atoms with van der Waals surface area (Å²) in [6.07, 6.45) is -4.04. The van der Waals surface area contributed by atoms with Gasteiger partial charge in [0.05, 0.1) is 0 Å². The predicted octanol–water partition coefficient (Wildman–Crippen LogP) is 1.91. The number of halogens is 3. The summed E-state index contributed by atoms with van der Waals surface area (Å²) in [5.74, 6) is -0.592. The molecular formula is C21H23F3N4O6S. The van der Waals surface area contributed by atoms with E-state index in [0.717, 1.165) is 12.1 Å². The molecule has 0 aliphatic carbocycles. The molecule has 0 bridgehead atoms. The van der Waals surface area contributed by atoms with E-state index in [-0.39, 0.29) is 40.7 Å². The lowest BCUT2D eigenvalue weighted by atomic mass is 10.0. The number of benzene rings is 1. The van der Waals surface area contributed by atoms with Gasteiger partial charge in [-0.3, -0.25) is 4.79 Å². The lowest BCUT2D eigenvalue weighted by Gasteiger charge is -2.21. The molecule has 2 atom stereocenters. The zero-order chi connectivity index (χ0) is 25.5. The lowest BCUT2D eigenvalue weighted by molar-refractivity contribution is -0.274. The Balaban J connectivity index is 1.28. The molecule has 14 heteroatoms. The number of fused-ring (bicyclic) bond motifs is 1. The van der Waals surface area contributed by atoms with Crippen molar-refractivity contribution in [1.82, 2.24) is 14.4 Å². The van der Waals surface area contributed by atoms with Gasteiger partial charge < -0.3 is 23.8 Å².